The van der Waals surface area contributed by atoms with Crippen molar-refractivity contribution in [3.05, 3.63) is 30.3 Å². The van der Waals surface area contributed by atoms with Gasteiger partial charge >= 0.3 is 0 Å². The number of aliphatic hydroxyl groups is 3. The molecule has 1 amide bonds. The normalized spacial score (nSPS) is 43.3. The Labute approximate surface area is 223 Å². The topological polar surface area (TPSA) is 113 Å². The van der Waals surface area contributed by atoms with Crippen molar-refractivity contribution in [2.45, 2.75) is 96.9 Å². The molecule has 0 radical (unpaired) electrons. The molecule has 37 heavy (non-hydrogen) atoms. The zero-order chi connectivity index (χ0) is 27.0. The van der Waals surface area contributed by atoms with Crippen LogP contribution in [-0.4, -0.2) is 46.6 Å². The summed E-state index contributed by atoms with van der Waals surface area (Å²) in [6.45, 7) is 6.82. The van der Waals surface area contributed by atoms with Crippen molar-refractivity contribution in [3.63, 3.8) is 0 Å². The molecule has 11 atom stereocenters. The molecule has 1 aromatic rings. The second-order valence-corrected chi connectivity index (χ2v) is 13.0. The van der Waals surface area contributed by atoms with E-state index in [9.17, 15) is 20.1 Å². The summed E-state index contributed by atoms with van der Waals surface area (Å²) in [4.78, 5) is 11.3. The second-order valence-electron chi connectivity index (χ2n) is 13.0. The number of carbonyl (C=O) groups is 1. The summed E-state index contributed by atoms with van der Waals surface area (Å²) in [7, 11) is 1.66. The summed E-state index contributed by atoms with van der Waals surface area (Å²) in [5.74, 6) is 2.63. The Balaban J connectivity index is 0.000000342. The van der Waals surface area contributed by atoms with Gasteiger partial charge in [-0.1, -0.05) is 39.0 Å². The van der Waals surface area contributed by atoms with Gasteiger partial charge in [0, 0.05) is 6.42 Å². The molecule has 0 heterocycles. The average Bonchev–Trinajstić information content (AvgIpc) is 3.23. The quantitative estimate of drug-likeness (QED) is 0.460. The molecule has 6 heteroatoms. The maximum absolute atomic E-state index is 11.5. The molecule has 4 fully saturated rings. The van der Waals surface area contributed by atoms with E-state index < -0.39 is 0 Å². The standard InChI is InChI=1S/C24H41NO4.C7H8O/c1-13(4-7-21(25)29)16-5-6-17-22-18(12-20(28)24(16,17)3)23(2)9-8-15(26)10-14(23)11-19(22)27;1-8-7-5-3-2-4-6-7/h13-20,22,26-28H,4-12H2,1-3H3,(H2,25,29);2-6H,1H3/t13-,14+,15-,16-,17+,18+,19-,20+,22+,23+,24-;/m1./s1. The van der Waals surface area contributed by atoms with Gasteiger partial charge in [-0.25, -0.2) is 0 Å². The Hall–Kier alpha value is -1.63. The van der Waals surface area contributed by atoms with Crippen LogP contribution >= 0.6 is 0 Å². The van der Waals surface area contributed by atoms with Crippen LogP contribution in [0.5, 0.6) is 5.75 Å². The van der Waals surface area contributed by atoms with Crippen LogP contribution in [0.3, 0.4) is 0 Å². The van der Waals surface area contributed by atoms with Gasteiger partial charge in [-0.15, -0.1) is 0 Å². The van der Waals surface area contributed by atoms with Gasteiger partial charge in [0.2, 0.25) is 5.91 Å². The number of benzene rings is 1. The molecule has 0 unspecified atom stereocenters. The molecule has 1 aromatic carbocycles. The zero-order valence-electron chi connectivity index (χ0n) is 23.2. The fraction of sp³-hybridized carbons (Fsp3) is 0.774. The van der Waals surface area contributed by atoms with E-state index in [2.05, 4.69) is 20.8 Å². The SMILES string of the molecule is COc1ccccc1.C[C@H](CCC(N)=O)[C@H]1CC[C@H]2[C@@H]3[C@H](O)C[C@@H]4C[C@H](O)CC[C@]4(C)[C@H]3C[C@H](O)[C@]12C. The first kappa shape index (κ1) is 28.4. The Morgan fingerprint density at radius 2 is 1.76 bits per heavy atom. The fourth-order valence-corrected chi connectivity index (χ4v) is 9.26. The molecule has 0 saturated heterocycles. The number of carbonyl (C=O) groups excluding carboxylic acids is 1. The highest BCUT2D eigenvalue weighted by Gasteiger charge is 2.65. The van der Waals surface area contributed by atoms with E-state index in [1.807, 2.05) is 30.3 Å². The zero-order valence-corrected chi connectivity index (χ0v) is 23.2. The lowest BCUT2D eigenvalue weighted by Crippen LogP contribution is -2.62. The van der Waals surface area contributed by atoms with Gasteiger partial charge in [0.1, 0.15) is 5.75 Å². The average molecular weight is 516 g/mol. The maximum atomic E-state index is 11.5. The van der Waals surface area contributed by atoms with E-state index in [-0.39, 0.29) is 41.0 Å². The number of methoxy groups -OCH3 is 1. The van der Waals surface area contributed by atoms with Crippen molar-refractivity contribution in [2.24, 2.45) is 52.1 Å². The Morgan fingerprint density at radius 1 is 1.05 bits per heavy atom. The van der Waals surface area contributed by atoms with Crippen LogP contribution in [-0.2, 0) is 4.79 Å². The highest BCUT2D eigenvalue weighted by Crippen LogP contribution is 2.68. The molecular formula is C31H49NO5. The predicted octanol–water partition coefficient (Wildman–Crippen LogP) is 4.54. The molecule has 0 spiro atoms. The van der Waals surface area contributed by atoms with Crippen LogP contribution in [0.15, 0.2) is 30.3 Å². The van der Waals surface area contributed by atoms with Gasteiger partial charge < -0.3 is 25.8 Å². The number of primary amides is 1. The number of rotatable bonds is 5. The monoisotopic (exact) mass is 515 g/mol. The summed E-state index contributed by atoms with van der Waals surface area (Å²) in [5.41, 5.74) is 5.30. The molecule has 5 rings (SSSR count). The summed E-state index contributed by atoms with van der Waals surface area (Å²) in [6, 6.07) is 9.68. The highest BCUT2D eigenvalue weighted by atomic mass is 16.5. The minimum Gasteiger partial charge on any atom is -0.497 e. The van der Waals surface area contributed by atoms with Crippen LogP contribution in [0, 0.1) is 46.3 Å². The van der Waals surface area contributed by atoms with E-state index in [4.69, 9.17) is 10.5 Å². The van der Waals surface area contributed by atoms with E-state index in [0.29, 0.717) is 36.0 Å². The molecule has 0 bridgehead atoms. The summed E-state index contributed by atoms with van der Waals surface area (Å²) in [5, 5.41) is 33.0. The predicted molar refractivity (Wildman–Crippen MR) is 145 cm³/mol. The number of hydrogen-bond donors (Lipinski definition) is 4. The van der Waals surface area contributed by atoms with Crippen molar-refractivity contribution in [3.8, 4) is 5.75 Å². The minimum absolute atomic E-state index is 0.112. The summed E-state index contributed by atoms with van der Waals surface area (Å²) >= 11 is 0. The molecule has 5 N–H and O–H groups in total. The van der Waals surface area contributed by atoms with Gasteiger partial charge in [0.15, 0.2) is 0 Å². The van der Waals surface area contributed by atoms with Crippen LogP contribution in [0.2, 0.25) is 0 Å². The van der Waals surface area contributed by atoms with Gasteiger partial charge in [-0.3, -0.25) is 4.79 Å². The summed E-state index contributed by atoms with van der Waals surface area (Å²) in [6.07, 6.45) is 6.56. The lowest BCUT2D eigenvalue weighted by molar-refractivity contribution is -0.207. The number of aliphatic hydroxyl groups excluding tert-OH is 3. The van der Waals surface area contributed by atoms with E-state index in [1.54, 1.807) is 7.11 Å². The third kappa shape index (κ3) is 5.31. The first-order chi connectivity index (χ1) is 17.5. The molecule has 4 saturated carbocycles. The molecular weight excluding hydrogens is 466 g/mol. The van der Waals surface area contributed by atoms with Gasteiger partial charge in [0.05, 0.1) is 25.4 Å². The van der Waals surface area contributed by atoms with Crippen molar-refractivity contribution >= 4 is 5.91 Å². The number of fused-ring (bicyclic) bond motifs is 5. The van der Waals surface area contributed by atoms with Crippen LogP contribution in [0.1, 0.15) is 78.6 Å². The third-order valence-corrected chi connectivity index (χ3v) is 11.3. The van der Waals surface area contributed by atoms with E-state index in [0.717, 1.165) is 57.1 Å². The van der Waals surface area contributed by atoms with E-state index >= 15 is 0 Å². The van der Waals surface area contributed by atoms with Crippen molar-refractivity contribution in [2.75, 3.05) is 7.11 Å². The Bertz CT molecular complexity index is 910. The Kier molecular flexibility index (Phi) is 8.62. The molecule has 4 aliphatic carbocycles. The number of para-hydroxylation sites is 1. The molecule has 0 aliphatic heterocycles. The molecule has 0 aromatic heterocycles. The lowest BCUT2D eigenvalue weighted by atomic mass is 9.43. The number of ether oxygens (including phenoxy) is 1. The van der Waals surface area contributed by atoms with Gasteiger partial charge in [-0.2, -0.15) is 0 Å². The first-order valence-electron chi connectivity index (χ1n) is 14.4. The van der Waals surface area contributed by atoms with Crippen molar-refractivity contribution < 1.29 is 24.9 Å². The smallest absolute Gasteiger partial charge is 0.217 e. The molecule has 4 aliphatic rings. The molecule has 208 valence electrons. The highest BCUT2D eigenvalue weighted by molar-refractivity contribution is 5.73. The molecule has 6 nitrogen and oxygen atoms in total. The first-order valence-corrected chi connectivity index (χ1v) is 14.4. The van der Waals surface area contributed by atoms with Crippen molar-refractivity contribution in [1.82, 2.24) is 0 Å². The van der Waals surface area contributed by atoms with Crippen molar-refractivity contribution in [1.29, 1.82) is 0 Å². The number of nitrogens with two attached hydrogens (primary N) is 1. The number of hydrogen-bond acceptors (Lipinski definition) is 5. The van der Waals surface area contributed by atoms with Gasteiger partial charge in [0.25, 0.3) is 0 Å². The fourth-order valence-electron chi connectivity index (χ4n) is 9.26. The van der Waals surface area contributed by atoms with Crippen LogP contribution in [0.4, 0.5) is 0 Å². The van der Waals surface area contributed by atoms with E-state index in [1.165, 1.54) is 0 Å². The largest absolute Gasteiger partial charge is 0.497 e. The van der Waals surface area contributed by atoms with Crippen LogP contribution in [0.25, 0.3) is 0 Å². The number of amides is 1. The summed E-state index contributed by atoms with van der Waals surface area (Å²) < 4.78 is 4.91. The minimum atomic E-state index is -0.369. The Morgan fingerprint density at radius 3 is 2.38 bits per heavy atom. The van der Waals surface area contributed by atoms with Gasteiger partial charge in [-0.05, 0) is 110 Å². The maximum Gasteiger partial charge on any atom is 0.217 e. The third-order valence-electron chi connectivity index (χ3n) is 11.3. The lowest BCUT2D eigenvalue weighted by Gasteiger charge is -2.63. The second kappa shape index (κ2) is 11.2. The van der Waals surface area contributed by atoms with Crippen LogP contribution < -0.4 is 10.5 Å².